The van der Waals surface area contributed by atoms with Gasteiger partial charge in [-0.3, -0.25) is 19.4 Å². The number of hydrogen-bond donors (Lipinski definition) is 0. The number of rotatable bonds is 3. The van der Waals surface area contributed by atoms with Crippen molar-refractivity contribution < 1.29 is 14.4 Å². The van der Waals surface area contributed by atoms with Gasteiger partial charge in [-0.1, -0.05) is 13.8 Å². The maximum Gasteiger partial charge on any atom is 0.274 e. The summed E-state index contributed by atoms with van der Waals surface area (Å²) in [4.78, 5) is 51.3. The molecule has 140 valence electrons. The number of nitrogens with zero attached hydrogens (tertiary/aromatic N) is 5. The third-order valence-electron chi connectivity index (χ3n) is 4.71. The van der Waals surface area contributed by atoms with E-state index in [4.69, 9.17) is 0 Å². The Bertz CT molecular complexity index is 703. The van der Waals surface area contributed by atoms with Crippen LogP contribution in [-0.4, -0.2) is 81.2 Å². The summed E-state index contributed by atoms with van der Waals surface area (Å²) < 4.78 is 0. The van der Waals surface area contributed by atoms with Crippen LogP contribution in [0.4, 0.5) is 0 Å². The lowest BCUT2D eigenvalue weighted by Crippen LogP contribution is -2.62. The van der Waals surface area contributed by atoms with Crippen molar-refractivity contribution in [3.05, 3.63) is 23.8 Å². The number of carbonyl (C=O) groups is 3. The first-order chi connectivity index (χ1) is 12.4. The molecule has 8 nitrogen and oxygen atoms in total. The molecule has 0 bridgehead atoms. The summed E-state index contributed by atoms with van der Waals surface area (Å²) in [5, 5.41) is 0. The molecule has 0 N–H and O–H groups in total. The van der Waals surface area contributed by atoms with E-state index in [1.807, 2.05) is 13.8 Å². The van der Waals surface area contributed by atoms with Crippen molar-refractivity contribution in [3.8, 4) is 0 Å². The molecule has 26 heavy (non-hydrogen) atoms. The zero-order chi connectivity index (χ0) is 18.8. The largest absolute Gasteiger partial charge is 0.335 e. The maximum atomic E-state index is 12.9. The lowest BCUT2D eigenvalue weighted by atomic mass is 10.1. The van der Waals surface area contributed by atoms with Gasteiger partial charge in [0.15, 0.2) is 0 Å². The summed E-state index contributed by atoms with van der Waals surface area (Å²) in [6.45, 7) is 7.71. The highest BCUT2D eigenvalue weighted by molar-refractivity contribution is 5.96. The van der Waals surface area contributed by atoms with Crippen LogP contribution in [0, 0.1) is 12.8 Å². The predicted molar refractivity (Wildman–Crippen MR) is 94.2 cm³/mol. The minimum atomic E-state index is -0.611. The van der Waals surface area contributed by atoms with Gasteiger partial charge >= 0.3 is 0 Å². The first-order valence-electron chi connectivity index (χ1n) is 9.03. The van der Waals surface area contributed by atoms with Crippen LogP contribution in [0.15, 0.2) is 12.4 Å². The van der Waals surface area contributed by atoms with Gasteiger partial charge in [0.2, 0.25) is 11.8 Å². The number of amides is 3. The van der Waals surface area contributed by atoms with Crippen molar-refractivity contribution in [2.45, 2.75) is 33.2 Å². The summed E-state index contributed by atoms with van der Waals surface area (Å²) in [6.07, 6.45) is 3.65. The van der Waals surface area contributed by atoms with Gasteiger partial charge in [-0.2, -0.15) is 0 Å². The molecule has 0 aliphatic carbocycles. The molecule has 0 saturated carbocycles. The molecule has 2 aliphatic rings. The Morgan fingerprint density at radius 3 is 2.65 bits per heavy atom. The number of piperazine rings is 1. The highest BCUT2D eigenvalue weighted by Crippen LogP contribution is 2.20. The molecule has 3 rings (SSSR count). The van der Waals surface area contributed by atoms with Crippen LogP contribution >= 0.6 is 0 Å². The van der Waals surface area contributed by atoms with Crippen molar-refractivity contribution in [3.63, 3.8) is 0 Å². The molecule has 2 saturated heterocycles. The Morgan fingerprint density at radius 1 is 1.23 bits per heavy atom. The van der Waals surface area contributed by atoms with Crippen LogP contribution in [0.3, 0.4) is 0 Å². The first kappa shape index (κ1) is 18.3. The lowest BCUT2D eigenvalue weighted by molar-refractivity contribution is -0.156. The van der Waals surface area contributed by atoms with Crippen molar-refractivity contribution in [2.75, 3.05) is 32.7 Å². The fourth-order valence-corrected chi connectivity index (χ4v) is 3.48. The number of hydrogen-bond acceptors (Lipinski definition) is 5. The number of carbonyl (C=O) groups excluding carboxylic acids is 3. The molecule has 0 radical (unpaired) electrons. The molecule has 8 heteroatoms. The predicted octanol–water partition coefficient (Wildman–Crippen LogP) is 0.326. The summed E-state index contributed by atoms with van der Waals surface area (Å²) in [7, 11) is 0. The lowest BCUT2D eigenvalue weighted by Gasteiger charge is -2.40. The standard InChI is InChI=1S/C18H25N5O3/c1-12(2)9-22-11-16(24)23-6-4-5-21(10-15(23)18(22)26)17(25)14-8-19-13(3)7-20-14/h7-8,12,15H,4-6,9-11H2,1-3H3. The maximum absolute atomic E-state index is 12.9. The highest BCUT2D eigenvalue weighted by Gasteiger charge is 2.42. The van der Waals surface area contributed by atoms with E-state index in [0.717, 1.165) is 5.69 Å². The average Bonchev–Trinajstić information content (AvgIpc) is 2.82. The Kier molecular flexibility index (Phi) is 5.20. The van der Waals surface area contributed by atoms with Crippen LogP contribution < -0.4 is 0 Å². The number of aromatic nitrogens is 2. The second-order valence-electron chi connectivity index (χ2n) is 7.36. The molecule has 2 aliphatic heterocycles. The summed E-state index contributed by atoms with van der Waals surface area (Å²) in [6, 6.07) is -0.611. The molecule has 2 fully saturated rings. The Balaban J connectivity index is 1.80. The Labute approximate surface area is 153 Å². The second kappa shape index (κ2) is 7.39. The van der Waals surface area contributed by atoms with Gasteiger partial charge in [-0.05, 0) is 19.3 Å². The van der Waals surface area contributed by atoms with Crippen molar-refractivity contribution in [2.24, 2.45) is 5.92 Å². The van der Waals surface area contributed by atoms with Crippen molar-refractivity contribution in [1.82, 2.24) is 24.7 Å². The van der Waals surface area contributed by atoms with Gasteiger partial charge in [-0.15, -0.1) is 0 Å². The first-order valence-corrected chi connectivity index (χ1v) is 9.03. The summed E-state index contributed by atoms with van der Waals surface area (Å²) >= 11 is 0. The van der Waals surface area contributed by atoms with Crippen LogP contribution in [0.1, 0.15) is 36.5 Å². The third-order valence-corrected chi connectivity index (χ3v) is 4.71. The van der Waals surface area contributed by atoms with E-state index in [0.29, 0.717) is 26.1 Å². The fraction of sp³-hybridized carbons (Fsp3) is 0.611. The third kappa shape index (κ3) is 3.68. The summed E-state index contributed by atoms with van der Waals surface area (Å²) in [5.41, 5.74) is 0.999. The van der Waals surface area contributed by atoms with Gasteiger partial charge < -0.3 is 14.7 Å². The molecule has 1 aromatic heterocycles. The normalized spacial score (nSPS) is 21.1. The monoisotopic (exact) mass is 359 g/mol. The molecular weight excluding hydrogens is 334 g/mol. The minimum Gasteiger partial charge on any atom is -0.335 e. The number of fused-ring (bicyclic) bond motifs is 1. The van der Waals surface area contributed by atoms with E-state index in [9.17, 15) is 14.4 Å². The van der Waals surface area contributed by atoms with Crippen LogP contribution in [-0.2, 0) is 9.59 Å². The van der Waals surface area contributed by atoms with E-state index in [2.05, 4.69) is 9.97 Å². The molecule has 1 unspecified atom stereocenters. The van der Waals surface area contributed by atoms with E-state index < -0.39 is 6.04 Å². The highest BCUT2D eigenvalue weighted by atomic mass is 16.2. The van der Waals surface area contributed by atoms with E-state index in [1.54, 1.807) is 27.8 Å². The minimum absolute atomic E-state index is 0.0420. The van der Waals surface area contributed by atoms with E-state index >= 15 is 0 Å². The van der Waals surface area contributed by atoms with Gasteiger partial charge in [0.05, 0.1) is 25.0 Å². The van der Waals surface area contributed by atoms with Crippen LogP contribution in [0.25, 0.3) is 0 Å². The van der Waals surface area contributed by atoms with Crippen molar-refractivity contribution in [1.29, 1.82) is 0 Å². The smallest absolute Gasteiger partial charge is 0.274 e. The van der Waals surface area contributed by atoms with Gasteiger partial charge in [0, 0.05) is 25.8 Å². The van der Waals surface area contributed by atoms with E-state index in [1.165, 1.54) is 6.20 Å². The Morgan fingerprint density at radius 2 is 2.00 bits per heavy atom. The van der Waals surface area contributed by atoms with Gasteiger partial charge in [0.1, 0.15) is 11.7 Å². The quantitative estimate of drug-likeness (QED) is 0.776. The van der Waals surface area contributed by atoms with Crippen LogP contribution in [0.2, 0.25) is 0 Å². The molecular formula is C18H25N5O3. The fourth-order valence-electron chi connectivity index (χ4n) is 3.48. The SMILES string of the molecule is Cc1cnc(C(=O)N2CCCN3C(=O)CN(CC(C)C)C(=O)C3C2)cn1. The molecule has 1 atom stereocenters. The topological polar surface area (TPSA) is 86.7 Å². The molecule has 3 heterocycles. The van der Waals surface area contributed by atoms with E-state index in [-0.39, 0.29) is 42.4 Å². The van der Waals surface area contributed by atoms with Gasteiger partial charge in [-0.25, -0.2) is 4.98 Å². The van der Waals surface area contributed by atoms with Gasteiger partial charge in [0.25, 0.3) is 5.91 Å². The zero-order valence-corrected chi connectivity index (χ0v) is 15.5. The van der Waals surface area contributed by atoms with Crippen LogP contribution in [0.5, 0.6) is 0 Å². The molecule has 1 aromatic rings. The zero-order valence-electron chi connectivity index (χ0n) is 15.5. The average molecular weight is 359 g/mol. The molecule has 3 amide bonds. The number of aryl methyl sites for hydroxylation is 1. The Hall–Kier alpha value is -2.51. The molecule has 0 aromatic carbocycles. The summed E-state index contributed by atoms with van der Waals surface area (Å²) in [5.74, 6) is -0.0853. The molecule has 0 spiro atoms. The van der Waals surface area contributed by atoms with Crippen molar-refractivity contribution >= 4 is 17.7 Å². The second-order valence-corrected chi connectivity index (χ2v) is 7.36.